The number of phosphoric acid groups is 1. The van der Waals surface area contributed by atoms with Gasteiger partial charge in [0.25, 0.3) is 0 Å². The third-order valence-electron chi connectivity index (χ3n) is 8.19. The summed E-state index contributed by atoms with van der Waals surface area (Å²) in [7, 11) is -4.43. The standard InChI is InChI=1S/C41H72NO9P/c1-3-5-7-9-11-13-15-17-19-21-23-25-27-30-38(43)31-29-33-40(44)48-36-39(37-50-52(46,47)49-35-34-42)51-41(45)32-28-26-24-22-20-18-16-14-12-10-8-6-4-2/h11,13,17,19,23,25,27,30,39H,3-10,12,14-16,18,20-22,24,26,28-29,31-37,42H2,1-2H3,(H,46,47)/b13-11-,19-17-,25-23-,30-27+/t39-/m1/s1. The first-order chi connectivity index (χ1) is 25.2. The van der Waals surface area contributed by atoms with Gasteiger partial charge in [-0.3, -0.25) is 23.4 Å². The Labute approximate surface area is 315 Å². The molecule has 11 heteroatoms. The molecule has 0 aromatic carbocycles. The molecule has 0 saturated heterocycles. The van der Waals surface area contributed by atoms with E-state index in [0.717, 1.165) is 38.5 Å². The van der Waals surface area contributed by atoms with E-state index < -0.39 is 32.5 Å². The number of ketones is 1. The average molecular weight is 754 g/mol. The summed E-state index contributed by atoms with van der Waals surface area (Å²) in [6.45, 7) is 3.41. The summed E-state index contributed by atoms with van der Waals surface area (Å²) in [5.41, 5.74) is 5.32. The Balaban J connectivity index is 4.40. The Hall–Kier alpha value is -2.36. The van der Waals surface area contributed by atoms with Crippen LogP contribution in [0.25, 0.3) is 0 Å². The number of unbranched alkanes of at least 4 members (excludes halogenated alkanes) is 15. The minimum absolute atomic E-state index is 0.00808. The first kappa shape index (κ1) is 49.6. The highest BCUT2D eigenvalue weighted by atomic mass is 31.2. The molecule has 0 aromatic heterocycles. The molecule has 0 aliphatic heterocycles. The van der Waals surface area contributed by atoms with Crippen LogP contribution >= 0.6 is 7.82 Å². The largest absolute Gasteiger partial charge is 0.472 e. The molecule has 0 aliphatic rings. The first-order valence-corrected chi connectivity index (χ1v) is 21.6. The molecule has 2 atom stereocenters. The maximum atomic E-state index is 12.5. The Morgan fingerprint density at radius 2 is 1.19 bits per heavy atom. The second-order valence-electron chi connectivity index (χ2n) is 13.2. The van der Waals surface area contributed by atoms with Gasteiger partial charge in [-0.15, -0.1) is 0 Å². The number of phosphoric ester groups is 1. The maximum absolute atomic E-state index is 12.5. The van der Waals surface area contributed by atoms with Gasteiger partial charge in [-0.25, -0.2) is 4.57 Å². The van der Waals surface area contributed by atoms with E-state index in [9.17, 15) is 23.8 Å². The molecular formula is C41H72NO9P. The first-order valence-electron chi connectivity index (χ1n) is 20.1. The molecule has 0 aliphatic carbocycles. The molecule has 3 N–H and O–H groups in total. The number of carbonyl (C=O) groups excluding carboxylic acids is 3. The maximum Gasteiger partial charge on any atom is 0.472 e. The van der Waals surface area contributed by atoms with Gasteiger partial charge in [-0.1, -0.05) is 146 Å². The molecule has 300 valence electrons. The van der Waals surface area contributed by atoms with Gasteiger partial charge in [0.15, 0.2) is 11.9 Å². The molecule has 0 rings (SSSR count). The molecule has 0 heterocycles. The number of carbonyl (C=O) groups is 3. The zero-order chi connectivity index (χ0) is 38.4. The highest BCUT2D eigenvalue weighted by Crippen LogP contribution is 2.43. The third-order valence-corrected chi connectivity index (χ3v) is 9.18. The van der Waals surface area contributed by atoms with Crippen LogP contribution in [-0.4, -0.2) is 55.1 Å². The zero-order valence-electron chi connectivity index (χ0n) is 32.5. The molecule has 52 heavy (non-hydrogen) atoms. The number of ether oxygens (including phenoxy) is 2. The number of rotatable bonds is 37. The van der Waals surface area contributed by atoms with Crippen LogP contribution < -0.4 is 5.73 Å². The van der Waals surface area contributed by atoms with Gasteiger partial charge < -0.3 is 20.1 Å². The smallest absolute Gasteiger partial charge is 0.462 e. The predicted octanol–water partition coefficient (Wildman–Crippen LogP) is 10.3. The van der Waals surface area contributed by atoms with Gasteiger partial charge in [0.05, 0.1) is 13.2 Å². The number of nitrogens with two attached hydrogens (primary N) is 1. The van der Waals surface area contributed by atoms with Gasteiger partial charge in [0.2, 0.25) is 0 Å². The highest BCUT2D eigenvalue weighted by molar-refractivity contribution is 7.47. The summed E-state index contributed by atoms with van der Waals surface area (Å²) in [5, 5.41) is 0. The molecule has 0 spiro atoms. The van der Waals surface area contributed by atoms with Crippen molar-refractivity contribution in [2.24, 2.45) is 5.73 Å². The van der Waals surface area contributed by atoms with Crippen LogP contribution in [0.15, 0.2) is 48.6 Å². The van der Waals surface area contributed by atoms with Gasteiger partial charge in [-0.2, -0.15) is 0 Å². The van der Waals surface area contributed by atoms with Crippen molar-refractivity contribution in [3.63, 3.8) is 0 Å². The number of hydrogen-bond acceptors (Lipinski definition) is 9. The van der Waals surface area contributed by atoms with Crippen LogP contribution in [0.2, 0.25) is 0 Å². The summed E-state index contributed by atoms with van der Waals surface area (Å²) < 4.78 is 32.5. The van der Waals surface area contributed by atoms with E-state index in [1.165, 1.54) is 83.1 Å². The van der Waals surface area contributed by atoms with E-state index in [0.29, 0.717) is 12.8 Å². The van der Waals surface area contributed by atoms with E-state index in [2.05, 4.69) is 38.2 Å². The summed E-state index contributed by atoms with van der Waals surface area (Å²) in [6, 6.07) is 0. The summed E-state index contributed by atoms with van der Waals surface area (Å²) in [4.78, 5) is 46.9. The van der Waals surface area contributed by atoms with Gasteiger partial charge in [0, 0.05) is 25.8 Å². The van der Waals surface area contributed by atoms with Crippen molar-refractivity contribution in [3.05, 3.63) is 48.6 Å². The molecule has 0 bridgehead atoms. The van der Waals surface area contributed by atoms with E-state index in [-0.39, 0.29) is 44.8 Å². The Kier molecular flexibility index (Phi) is 35.3. The minimum Gasteiger partial charge on any atom is -0.462 e. The second kappa shape index (κ2) is 37.0. The van der Waals surface area contributed by atoms with Gasteiger partial charge >= 0.3 is 19.8 Å². The van der Waals surface area contributed by atoms with E-state index in [1.807, 2.05) is 12.2 Å². The molecule has 10 nitrogen and oxygen atoms in total. The van der Waals surface area contributed by atoms with Crippen LogP contribution in [0.5, 0.6) is 0 Å². The molecular weight excluding hydrogens is 681 g/mol. The third kappa shape index (κ3) is 36.0. The van der Waals surface area contributed by atoms with Crippen LogP contribution in [-0.2, 0) is 37.5 Å². The molecule has 0 radical (unpaired) electrons. The lowest BCUT2D eigenvalue weighted by molar-refractivity contribution is -0.161. The molecule has 0 aromatic rings. The van der Waals surface area contributed by atoms with E-state index in [1.54, 1.807) is 6.08 Å². The van der Waals surface area contributed by atoms with Crippen LogP contribution in [0.1, 0.15) is 162 Å². The van der Waals surface area contributed by atoms with Crippen molar-refractivity contribution in [2.45, 2.75) is 168 Å². The lowest BCUT2D eigenvalue weighted by Gasteiger charge is -2.19. The predicted molar refractivity (Wildman–Crippen MR) is 211 cm³/mol. The van der Waals surface area contributed by atoms with Crippen LogP contribution in [0, 0.1) is 0 Å². The molecule has 0 fully saturated rings. The van der Waals surface area contributed by atoms with Gasteiger partial charge in [-0.05, 0) is 44.6 Å². The Morgan fingerprint density at radius 3 is 1.83 bits per heavy atom. The average Bonchev–Trinajstić information content (AvgIpc) is 3.12. The number of allylic oxidation sites excluding steroid dienone is 8. The molecule has 0 amide bonds. The molecule has 1 unspecified atom stereocenters. The van der Waals surface area contributed by atoms with Crippen molar-refractivity contribution in [1.82, 2.24) is 0 Å². The monoisotopic (exact) mass is 753 g/mol. The SMILES string of the molecule is CCCCC/C=C\C/C=C\C/C=C\C=C\C(=O)CCCC(=O)OC[C@H](COP(=O)(O)OCCN)OC(=O)CCCCCCCCCCCCCCC. The summed E-state index contributed by atoms with van der Waals surface area (Å²) in [6.07, 6.45) is 37.2. The van der Waals surface area contributed by atoms with E-state index in [4.69, 9.17) is 24.3 Å². The topological polar surface area (TPSA) is 151 Å². The van der Waals surface area contributed by atoms with Crippen molar-refractivity contribution in [1.29, 1.82) is 0 Å². The quantitative estimate of drug-likeness (QED) is 0.0157. The fourth-order valence-electron chi connectivity index (χ4n) is 5.17. The fourth-order valence-corrected chi connectivity index (χ4v) is 5.94. The highest BCUT2D eigenvalue weighted by Gasteiger charge is 2.26. The van der Waals surface area contributed by atoms with Crippen molar-refractivity contribution in [3.8, 4) is 0 Å². The Morgan fingerprint density at radius 1 is 0.635 bits per heavy atom. The van der Waals surface area contributed by atoms with Crippen molar-refractivity contribution >= 4 is 25.5 Å². The van der Waals surface area contributed by atoms with Crippen LogP contribution in [0.3, 0.4) is 0 Å². The minimum atomic E-state index is -4.43. The van der Waals surface area contributed by atoms with Crippen molar-refractivity contribution in [2.75, 3.05) is 26.4 Å². The summed E-state index contributed by atoms with van der Waals surface area (Å²) >= 11 is 0. The van der Waals surface area contributed by atoms with Crippen LogP contribution in [0.4, 0.5) is 0 Å². The number of esters is 2. The normalized spacial score (nSPS) is 13.8. The van der Waals surface area contributed by atoms with Crippen molar-refractivity contribution < 1.29 is 42.4 Å². The summed E-state index contributed by atoms with van der Waals surface area (Å²) in [5.74, 6) is -1.19. The molecule has 0 saturated carbocycles. The lowest BCUT2D eigenvalue weighted by Crippen LogP contribution is -2.29. The zero-order valence-corrected chi connectivity index (χ0v) is 33.4. The van der Waals surface area contributed by atoms with E-state index >= 15 is 0 Å². The number of hydrogen-bond donors (Lipinski definition) is 2. The fraction of sp³-hybridized carbons (Fsp3) is 0.732. The second-order valence-corrected chi connectivity index (χ2v) is 14.6. The van der Waals surface area contributed by atoms with Gasteiger partial charge in [0.1, 0.15) is 6.61 Å². The Bertz CT molecular complexity index is 1060. The lowest BCUT2D eigenvalue weighted by atomic mass is 10.0.